The normalized spacial score (nSPS) is 10.7. The highest BCUT2D eigenvalue weighted by atomic mass is 16.2. The third-order valence-corrected chi connectivity index (χ3v) is 3.66. The molecule has 0 fully saturated rings. The van der Waals surface area contributed by atoms with Gasteiger partial charge in [-0.1, -0.05) is 48.5 Å². The van der Waals surface area contributed by atoms with Gasteiger partial charge in [0.05, 0.1) is 0 Å². The van der Waals surface area contributed by atoms with E-state index in [0.29, 0.717) is 0 Å². The summed E-state index contributed by atoms with van der Waals surface area (Å²) in [6.07, 6.45) is 0. The van der Waals surface area contributed by atoms with Crippen LogP contribution in [0.5, 0.6) is 0 Å². The standard InChI is InChI=1S/2C9H4O3/c2*10-7-5-3-1-2-4-6(5)8(11)9(7)12/h2*1-4H. The van der Waals surface area contributed by atoms with E-state index in [2.05, 4.69) is 0 Å². The highest BCUT2D eigenvalue weighted by Crippen LogP contribution is 2.02. The third-order valence-electron chi connectivity index (χ3n) is 3.66. The van der Waals surface area contributed by atoms with Crippen molar-refractivity contribution in [1.29, 1.82) is 0 Å². The van der Waals surface area contributed by atoms with Crippen molar-refractivity contribution in [3.8, 4) is 0 Å². The minimum absolute atomic E-state index is 0.229. The van der Waals surface area contributed by atoms with Crippen molar-refractivity contribution in [1.82, 2.24) is 0 Å². The molecule has 4 rings (SSSR count). The molecular weight excluding hydrogens is 312 g/mol. The second-order valence-electron chi connectivity index (χ2n) is 5.07. The van der Waals surface area contributed by atoms with E-state index < -0.39 is 32.6 Å². The molecule has 6 nitrogen and oxygen atoms in total. The summed E-state index contributed by atoms with van der Waals surface area (Å²) < 4.78 is 0. The first-order valence-corrected chi connectivity index (χ1v) is 6.88. The molecule has 4 aromatic rings. The Morgan fingerprint density at radius 3 is 0.750 bits per heavy atom. The van der Waals surface area contributed by atoms with Gasteiger partial charge in [0.25, 0.3) is 10.9 Å². The molecule has 4 aromatic carbocycles. The fourth-order valence-corrected chi connectivity index (χ4v) is 2.45. The Labute approximate surface area is 132 Å². The van der Waals surface area contributed by atoms with Gasteiger partial charge in [-0.25, -0.2) is 0 Å². The van der Waals surface area contributed by atoms with Crippen LogP contribution in [0.25, 0.3) is 21.5 Å². The molecule has 0 radical (unpaired) electrons. The van der Waals surface area contributed by atoms with Crippen molar-refractivity contribution in [2.45, 2.75) is 0 Å². The molecule has 0 saturated carbocycles. The number of benzene rings is 2. The van der Waals surface area contributed by atoms with Crippen molar-refractivity contribution < 1.29 is 0 Å². The molecule has 0 atom stereocenters. The van der Waals surface area contributed by atoms with Crippen LogP contribution in [0, 0.1) is 0 Å². The van der Waals surface area contributed by atoms with Gasteiger partial charge >= 0.3 is 0 Å². The minimum Gasteiger partial charge on any atom is -0.285 e. The molecule has 0 saturated heterocycles. The van der Waals surface area contributed by atoms with Crippen LogP contribution < -0.4 is 32.6 Å². The first-order chi connectivity index (χ1) is 11.4. The molecule has 0 N–H and O–H groups in total. The van der Waals surface area contributed by atoms with Gasteiger partial charge in [-0.2, -0.15) is 0 Å². The Bertz CT molecular complexity index is 1160. The van der Waals surface area contributed by atoms with Gasteiger partial charge in [0.15, 0.2) is 0 Å². The third kappa shape index (κ3) is 2.21. The van der Waals surface area contributed by atoms with E-state index in [1.807, 2.05) is 0 Å². The van der Waals surface area contributed by atoms with Crippen molar-refractivity contribution in [3.05, 3.63) is 110 Å². The van der Waals surface area contributed by atoms with Gasteiger partial charge in [-0.15, -0.1) is 0 Å². The zero-order valence-corrected chi connectivity index (χ0v) is 12.1. The van der Waals surface area contributed by atoms with Crippen molar-refractivity contribution in [2.24, 2.45) is 0 Å². The van der Waals surface area contributed by atoms with E-state index in [-0.39, 0.29) is 21.5 Å². The highest BCUT2D eigenvalue weighted by Gasteiger charge is 2.10. The maximum Gasteiger partial charge on any atom is 0.273 e. The summed E-state index contributed by atoms with van der Waals surface area (Å²) in [6.45, 7) is 0. The van der Waals surface area contributed by atoms with Gasteiger partial charge < -0.3 is 0 Å². The smallest absolute Gasteiger partial charge is 0.273 e. The van der Waals surface area contributed by atoms with E-state index >= 15 is 0 Å². The Morgan fingerprint density at radius 1 is 0.333 bits per heavy atom. The lowest BCUT2D eigenvalue weighted by atomic mass is 10.2. The van der Waals surface area contributed by atoms with Gasteiger partial charge in [-0.3, -0.25) is 28.8 Å². The fourth-order valence-electron chi connectivity index (χ4n) is 2.45. The predicted octanol–water partition coefficient (Wildman–Crippen LogP) is -0.408. The van der Waals surface area contributed by atoms with Crippen molar-refractivity contribution in [3.63, 3.8) is 0 Å². The largest absolute Gasteiger partial charge is 0.285 e. The molecule has 0 amide bonds. The summed E-state index contributed by atoms with van der Waals surface area (Å²) >= 11 is 0. The lowest BCUT2D eigenvalue weighted by molar-refractivity contribution is 1.56. The molecule has 116 valence electrons. The number of hydrogen-bond acceptors (Lipinski definition) is 6. The molecule has 0 aliphatic rings. The van der Waals surface area contributed by atoms with Crippen molar-refractivity contribution in [2.75, 3.05) is 0 Å². The van der Waals surface area contributed by atoms with Crippen LogP contribution in [0.15, 0.2) is 77.3 Å². The Morgan fingerprint density at radius 2 is 0.542 bits per heavy atom. The quantitative estimate of drug-likeness (QED) is 0.408. The molecule has 0 aliphatic heterocycles. The minimum atomic E-state index is -0.920. The average Bonchev–Trinajstić information content (AvgIpc) is 2.98. The number of rotatable bonds is 0. The first kappa shape index (κ1) is 15.4. The summed E-state index contributed by atoms with van der Waals surface area (Å²) in [5.41, 5.74) is -4.58. The predicted molar refractivity (Wildman–Crippen MR) is 90.3 cm³/mol. The van der Waals surface area contributed by atoms with E-state index in [0.717, 1.165) is 0 Å². The molecular formula is C18H8O6. The number of hydrogen-bond donors (Lipinski definition) is 0. The molecule has 0 unspecified atom stereocenters. The zero-order chi connectivity index (χ0) is 17.4. The van der Waals surface area contributed by atoms with E-state index in [1.54, 1.807) is 24.3 Å². The van der Waals surface area contributed by atoms with E-state index in [4.69, 9.17) is 0 Å². The van der Waals surface area contributed by atoms with Gasteiger partial charge in [0, 0.05) is 21.5 Å². The summed E-state index contributed by atoms with van der Waals surface area (Å²) in [6, 6.07) is 12.5. The van der Waals surface area contributed by atoms with Crippen LogP contribution in [0.3, 0.4) is 0 Å². The Kier molecular flexibility index (Phi) is 3.57. The van der Waals surface area contributed by atoms with Gasteiger partial charge in [-0.05, 0) is 0 Å². The van der Waals surface area contributed by atoms with Crippen LogP contribution in [-0.4, -0.2) is 0 Å². The van der Waals surface area contributed by atoms with Crippen LogP contribution in [0.4, 0.5) is 0 Å². The highest BCUT2D eigenvalue weighted by molar-refractivity contribution is 5.83. The summed E-state index contributed by atoms with van der Waals surface area (Å²) in [4.78, 5) is 65.9. The van der Waals surface area contributed by atoms with E-state index in [1.165, 1.54) is 24.3 Å². The maximum absolute atomic E-state index is 11.0. The molecule has 0 aromatic heterocycles. The second-order valence-corrected chi connectivity index (χ2v) is 5.07. The van der Waals surface area contributed by atoms with Crippen molar-refractivity contribution >= 4 is 21.5 Å². The number of fused-ring (bicyclic) bond motifs is 2. The fraction of sp³-hybridized carbons (Fsp3) is 0. The average molecular weight is 320 g/mol. The van der Waals surface area contributed by atoms with Crippen LogP contribution >= 0.6 is 0 Å². The lowest BCUT2D eigenvalue weighted by Gasteiger charge is -1.81. The van der Waals surface area contributed by atoms with E-state index in [9.17, 15) is 28.8 Å². The first-order valence-electron chi connectivity index (χ1n) is 6.88. The topological polar surface area (TPSA) is 102 Å². The second kappa shape index (κ2) is 5.58. The summed E-state index contributed by atoms with van der Waals surface area (Å²) in [5, 5.41) is 0.917. The lowest BCUT2D eigenvalue weighted by Crippen LogP contribution is -2.29. The Balaban J connectivity index is 0.000000141. The summed E-state index contributed by atoms with van der Waals surface area (Å²) in [5.74, 6) is 0. The molecule has 0 bridgehead atoms. The molecule has 0 aliphatic carbocycles. The van der Waals surface area contributed by atoms with Crippen LogP contribution in [0.2, 0.25) is 0 Å². The zero-order valence-electron chi connectivity index (χ0n) is 12.1. The molecule has 6 heteroatoms. The Hall–Kier alpha value is -3.54. The van der Waals surface area contributed by atoms with Gasteiger partial charge in [0.1, 0.15) is 0 Å². The van der Waals surface area contributed by atoms with Gasteiger partial charge in [0.2, 0.25) is 21.7 Å². The molecule has 0 heterocycles. The maximum atomic E-state index is 11.0. The molecule has 0 spiro atoms. The molecule has 24 heavy (non-hydrogen) atoms. The summed E-state index contributed by atoms with van der Waals surface area (Å²) in [7, 11) is 0. The SMILES string of the molecule is O=c1c(=O)c2ccccc2c1=O.O=c1c(=O)c2ccccc2c1=O. The van der Waals surface area contributed by atoms with Crippen LogP contribution in [-0.2, 0) is 0 Å². The van der Waals surface area contributed by atoms with Crippen LogP contribution in [0.1, 0.15) is 0 Å². The monoisotopic (exact) mass is 320 g/mol.